The van der Waals surface area contributed by atoms with E-state index >= 15 is 0 Å². The van der Waals surface area contributed by atoms with Gasteiger partial charge in [0.2, 0.25) is 0 Å². The zero-order valence-corrected chi connectivity index (χ0v) is 19.2. The van der Waals surface area contributed by atoms with Crippen molar-refractivity contribution < 1.29 is 17.9 Å². The molecule has 2 aromatic carbocycles. The number of anilines is 2. The second-order valence-electron chi connectivity index (χ2n) is 9.30. The lowest BCUT2D eigenvalue weighted by atomic mass is 9.73. The van der Waals surface area contributed by atoms with Crippen LogP contribution in [0.4, 0.5) is 11.4 Å². The van der Waals surface area contributed by atoms with Crippen molar-refractivity contribution >= 4 is 27.2 Å². The summed E-state index contributed by atoms with van der Waals surface area (Å²) in [7, 11) is -3.80. The Bertz CT molecular complexity index is 1120. The van der Waals surface area contributed by atoms with Gasteiger partial charge in [-0.05, 0) is 62.4 Å². The smallest absolute Gasteiger partial charge is 0.261 e. The topological polar surface area (TPSA) is 84.5 Å². The highest BCUT2D eigenvalue weighted by atomic mass is 32.2. The molecular weight excluding hydrogens is 424 g/mol. The van der Waals surface area contributed by atoms with Crippen LogP contribution < -0.4 is 10.0 Å². The van der Waals surface area contributed by atoms with E-state index in [9.17, 15) is 13.2 Å². The predicted octanol–water partition coefficient (Wildman–Crippen LogP) is 5.14. The van der Waals surface area contributed by atoms with Gasteiger partial charge in [-0.3, -0.25) is 9.52 Å². The third-order valence-electron chi connectivity index (χ3n) is 7.24. The number of rotatable bonds is 5. The van der Waals surface area contributed by atoms with Gasteiger partial charge in [-0.15, -0.1) is 0 Å². The summed E-state index contributed by atoms with van der Waals surface area (Å²) >= 11 is 0. The summed E-state index contributed by atoms with van der Waals surface area (Å²) in [4.78, 5) is 11.8. The fourth-order valence-corrected chi connectivity index (χ4v) is 6.72. The first-order valence-corrected chi connectivity index (χ1v) is 13.1. The van der Waals surface area contributed by atoms with Gasteiger partial charge in [0.1, 0.15) is 0 Å². The fourth-order valence-electron chi connectivity index (χ4n) is 5.63. The maximum Gasteiger partial charge on any atom is 0.261 e. The van der Waals surface area contributed by atoms with E-state index in [-0.39, 0.29) is 16.8 Å². The molecule has 0 bridgehead atoms. The van der Waals surface area contributed by atoms with Crippen molar-refractivity contribution in [3.05, 3.63) is 53.6 Å². The lowest BCUT2D eigenvalue weighted by molar-refractivity contribution is 0.0730. The van der Waals surface area contributed by atoms with E-state index in [4.69, 9.17) is 4.74 Å². The summed E-state index contributed by atoms with van der Waals surface area (Å²) in [5.74, 6) is 0.927. The van der Waals surface area contributed by atoms with Gasteiger partial charge in [0.25, 0.3) is 10.0 Å². The number of Topliss-reactive ketones (excluding diaryl/α,β-unsaturated/α-hetero) is 1. The number of sulfonamides is 1. The SMILES string of the molecule is CC(=O)c1cccc(NS(=O)(=O)c2ccc3c(c2)C2OCCC2C(C2CCCCC2)N3)c1. The van der Waals surface area contributed by atoms with Crippen molar-refractivity contribution in [1.82, 2.24) is 0 Å². The van der Waals surface area contributed by atoms with Crippen molar-refractivity contribution in [3.63, 3.8) is 0 Å². The van der Waals surface area contributed by atoms with Crippen LogP contribution in [0.15, 0.2) is 47.4 Å². The van der Waals surface area contributed by atoms with Crippen LogP contribution in [0.2, 0.25) is 0 Å². The Balaban J connectivity index is 1.43. The van der Waals surface area contributed by atoms with E-state index < -0.39 is 10.0 Å². The molecule has 1 saturated heterocycles. The molecule has 0 radical (unpaired) electrons. The molecule has 2 aromatic rings. The van der Waals surface area contributed by atoms with Crippen LogP contribution in [-0.2, 0) is 14.8 Å². The summed E-state index contributed by atoms with van der Waals surface area (Å²) in [6.07, 6.45) is 7.37. The normalized spacial score (nSPS) is 25.5. The molecule has 2 fully saturated rings. The largest absolute Gasteiger partial charge is 0.381 e. The van der Waals surface area contributed by atoms with E-state index in [1.807, 2.05) is 6.07 Å². The van der Waals surface area contributed by atoms with E-state index in [0.29, 0.717) is 35.7 Å². The van der Waals surface area contributed by atoms with Gasteiger partial charge in [0.15, 0.2) is 5.78 Å². The fraction of sp³-hybridized carbons (Fsp3) is 0.480. The Labute approximate surface area is 189 Å². The molecule has 3 atom stereocenters. The number of ether oxygens (including phenoxy) is 1. The van der Waals surface area contributed by atoms with E-state index in [1.54, 1.807) is 36.4 Å². The lowest BCUT2D eigenvalue weighted by Gasteiger charge is -2.42. The molecule has 0 amide bonds. The molecule has 3 aliphatic rings. The van der Waals surface area contributed by atoms with Crippen molar-refractivity contribution in [1.29, 1.82) is 0 Å². The number of hydrogen-bond donors (Lipinski definition) is 2. The Kier molecular flexibility index (Phi) is 5.72. The number of nitrogens with one attached hydrogen (secondary N) is 2. The van der Waals surface area contributed by atoms with Crippen LogP contribution in [0.3, 0.4) is 0 Å². The quantitative estimate of drug-likeness (QED) is 0.611. The van der Waals surface area contributed by atoms with E-state index in [2.05, 4.69) is 10.0 Å². The van der Waals surface area contributed by atoms with Gasteiger partial charge >= 0.3 is 0 Å². The third kappa shape index (κ3) is 4.04. The highest BCUT2D eigenvalue weighted by Crippen LogP contribution is 2.48. The van der Waals surface area contributed by atoms with Crippen molar-refractivity contribution in [2.45, 2.75) is 62.5 Å². The van der Waals surface area contributed by atoms with E-state index in [1.165, 1.54) is 39.0 Å². The molecule has 1 saturated carbocycles. The lowest BCUT2D eigenvalue weighted by Crippen LogP contribution is -2.42. The van der Waals surface area contributed by atoms with Gasteiger partial charge in [0, 0.05) is 41.1 Å². The summed E-state index contributed by atoms with van der Waals surface area (Å²) < 4.78 is 35.0. The molecule has 2 N–H and O–H groups in total. The van der Waals surface area contributed by atoms with Crippen molar-refractivity contribution in [2.75, 3.05) is 16.6 Å². The van der Waals surface area contributed by atoms with Gasteiger partial charge in [-0.25, -0.2) is 8.42 Å². The van der Waals surface area contributed by atoms with Crippen LogP contribution in [-0.4, -0.2) is 26.8 Å². The monoisotopic (exact) mass is 454 g/mol. The molecule has 0 aromatic heterocycles. The molecule has 3 unspecified atom stereocenters. The average Bonchev–Trinajstić information content (AvgIpc) is 3.29. The summed E-state index contributed by atoms with van der Waals surface area (Å²) in [6, 6.07) is 12.2. The highest BCUT2D eigenvalue weighted by molar-refractivity contribution is 7.92. The van der Waals surface area contributed by atoms with Crippen LogP contribution in [0.25, 0.3) is 0 Å². The molecule has 7 heteroatoms. The third-order valence-corrected chi connectivity index (χ3v) is 8.62. The second kappa shape index (κ2) is 8.52. The summed E-state index contributed by atoms with van der Waals surface area (Å²) in [6.45, 7) is 2.18. The molecule has 6 nitrogen and oxygen atoms in total. The first-order chi connectivity index (χ1) is 15.4. The number of fused-ring (bicyclic) bond motifs is 3. The standard InChI is InChI=1S/C25H30N2O4S/c1-16(28)18-8-5-9-19(14-18)27-32(29,30)20-10-11-23-22(15-20)25-21(12-13-31-25)24(26-23)17-6-3-2-4-7-17/h5,8-11,14-15,17,21,24-27H,2-4,6-7,12-13H2,1H3. The zero-order chi connectivity index (χ0) is 22.3. The second-order valence-corrected chi connectivity index (χ2v) is 11.0. The maximum absolute atomic E-state index is 13.1. The minimum absolute atomic E-state index is 0.0608. The zero-order valence-electron chi connectivity index (χ0n) is 18.3. The number of benzene rings is 2. The van der Waals surface area contributed by atoms with Gasteiger partial charge < -0.3 is 10.1 Å². The van der Waals surface area contributed by atoms with Crippen molar-refractivity contribution in [3.8, 4) is 0 Å². The number of hydrogen-bond acceptors (Lipinski definition) is 5. The molecule has 1 aliphatic carbocycles. The van der Waals surface area contributed by atoms with Gasteiger partial charge in [-0.2, -0.15) is 0 Å². The Hall–Kier alpha value is -2.38. The Morgan fingerprint density at radius 1 is 1.06 bits per heavy atom. The van der Waals surface area contributed by atoms with Gasteiger partial charge in [-0.1, -0.05) is 31.4 Å². The molecule has 5 rings (SSSR count). The molecule has 170 valence electrons. The van der Waals surface area contributed by atoms with Gasteiger partial charge in [0.05, 0.1) is 11.0 Å². The molecular formula is C25H30N2O4S. The summed E-state index contributed by atoms with van der Waals surface area (Å²) in [5, 5.41) is 3.75. The van der Waals surface area contributed by atoms with Crippen LogP contribution in [0, 0.1) is 11.8 Å². The van der Waals surface area contributed by atoms with E-state index in [0.717, 1.165) is 17.7 Å². The Morgan fingerprint density at radius 2 is 1.88 bits per heavy atom. The van der Waals surface area contributed by atoms with Crippen LogP contribution >= 0.6 is 0 Å². The number of carbonyl (C=O) groups is 1. The molecule has 0 spiro atoms. The van der Waals surface area contributed by atoms with Crippen LogP contribution in [0.5, 0.6) is 0 Å². The summed E-state index contributed by atoms with van der Waals surface area (Å²) in [5.41, 5.74) is 2.76. The molecule has 32 heavy (non-hydrogen) atoms. The number of ketones is 1. The molecule has 2 aliphatic heterocycles. The highest BCUT2D eigenvalue weighted by Gasteiger charge is 2.44. The predicted molar refractivity (Wildman–Crippen MR) is 124 cm³/mol. The van der Waals surface area contributed by atoms with Crippen LogP contribution in [0.1, 0.15) is 67.5 Å². The van der Waals surface area contributed by atoms with Crippen molar-refractivity contribution in [2.24, 2.45) is 11.8 Å². The minimum Gasteiger partial charge on any atom is -0.381 e. The maximum atomic E-state index is 13.1. The first-order valence-electron chi connectivity index (χ1n) is 11.6. The average molecular weight is 455 g/mol. The number of carbonyl (C=O) groups excluding carboxylic acids is 1. The first kappa shape index (κ1) is 21.5. The Morgan fingerprint density at radius 3 is 2.66 bits per heavy atom. The minimum atomic E-state index is -3.80. The molecule has 2 heterocycles.